The van der Waals surface area contributed by atoms with Crippen LogP contribution in [0.4, 0.5) is 0 Å². The Morgan fingerprint density at radius 3 is 2.54 bits per heavy atom. The third-order valence-corrected chi connectivity index (χ3v) is 4.21. The average Bonchev–Trinajstić information content (AvgIpc) is 3.00. The minimum absolute atomic E-state index is 0.0999. The predicted octanol–water partition coefficient (Wildman–Crippen LogP) is 3.94. The maximum atomic E-state index is 12.7. The lowest BCUT2D eigenvalue weighted by atomic mass is 10.1. The van der Waals surface area contributed by atoms with Gasteiger partial charge in [0.25, 0.3) is 5.91 Å². The predicted molar refractivity (Wildman–Crippen MR) is 101 cm³/mol. The van der Waals surface area contributed by atoms with Crippen LogP contribution in [0.2, 0.25) is 5.02 Å². The van der Waals surface area contributed by atoms with E-state index in [0.717, 1.165) is 0 Å². The number of benzene rings is 1. The number of rotatable bonds is 7. The molecule has 0 saturated heterocycles. The number of halogens is 1. The number of aliphatic carboxylic acids is 1. The number of carbonyl (C=O) groups excluding carboxylic acids is 1. The number of hydrogen-bond acceptors (Lipinski definition) is 3. The molecule has 26 heavy (non-hydrogen) atoms. The number of amides is 1. The van der Waals surface area contributed by atoms with Crippen LogP contribution in [-0.4, -0.2) is 33.3 Å². The van der Waals surface area contributed by atoms with Crippen LogP contribution in [0.25, 0.3) is 11.3 Å². The Balaban J connectivity index is 2.23. The van der Waals surface area contributed by atoms with Crippen molar-refractivity contribution < 1.29 is 14.7 Å². The molecule has 7 heteroatoms. The first-order chi connectivity index (χ1) is 12.2. The summed E-state index contributed by atoms with van der Waals surface area (Å²) in [6, 6.07) is 7.28. The van der Waals surface area contributed by atoms with Crippen molar-refractivity contribution in [2.75, 3.05) is 6.54 Å². The van der Waals surface area contributed by atoms with E-state index in [9.17, 15) is 9.59 Å². The highest BCUT2D eigenvalue weighted by Crippen LogP contribution is 2.30. The van der Waals surface area contributed by atoms with Crippen molar-refractivity contribution >= 4 is 23.5 Å². The van der Waals surface area contributed by atoms with E-state index in [2.05, 4.69) is 10.4 Å². The summed E-state index contributed by atoms with van der Waals surface area (Å²) in [4.78, 5) is 23.2. The number of aromatic nitrogens is 2. The number of carboxylic acids is 1. The van der Waals surface area contributed by atoms with Gasteiger partial charge in [-0.1, -0.05) is 29.8 Å². The highest BCUT2D eigenvalue weighted by Gasteiger charge is 2.23. The smallest absolute Gasteiger partial charge is 0.303 e. The first-order valence-electron chi connectivity index (χ1n) is 8.55. The van der Waals surface area contributed by atoms with Crippen LogP contribution in [0.5, 0.6) is 0 Å². The molecule has 2 N–H and O–H groups in total. The fraction of sp³-hybridized carbons (Fsp3) is 0.421. The number of unbranched alkanes of at least 4 members (excludes halogenated alkanes) is 1. The topological polar surface area (TPSA) is 84.2 Å². The van der Waals surface area contributed by atoms with Gasteiger partial charge in [0.05, 0.1) is 16.1 Å². The van der Waals surface area contributed by atoms with Crippen molar-refractivity contribution in [3.05, 3.63) is 41.0 Å². The van der Waals surface area contributed by atoms with E-state index in [4.69, 9.17) is 16.7 Å². The van der Waals surface area contributed by atoms with Gasteiger partial charge >= 0.3 is 5.97 Å². The van der Waals surface area contributed by atoms with Crippen molar-refractivity contribution in [1.29, 1.82) is 0 Å². The highest BCUT2D eigenvalue weighted by atomic mass is 35.5. The molecule has 0 spiro atoms. The molecule has 0 aliphatic rings. The van der Waals surface area contributed by atoms with Gasteiger partial charge in [0.1, 0.15) is 5.69 Å². The molecule has 140 valence electrons. The molecule has 0 aliphatic heterocycles. The quantitative estimate of drug-likeness (QED) is 0.715. The molecule has 0 saturated carbocycles. The second-order valence-electron chi connectivity index (χ2n) is 7.09. The molecular formula is C19H24ClN3O3. The van der Waals surface area contributed by atoms with Gasteiger partial charge in [-0.25, -0.2) is 0 Å². The molecule has 0 fully saturated rings. The molecule has 1 heterocycles. The zero-order valence-corrected chi connectivity index (χ0v) is 16.0. The van der Waals surface area contributed by atoms with Crippen LogP contribution in [-0.2, 0) is 10.3 Å². The Morgan fingerprint density at radius 2 is 1.92 bits per heavy atom. The normalized spacial score (nSPS) is 11.4. The van der Waals surface area contributed by atoms with Crippen LogP contribution in [0.15, 0.2) is 30.5 Å². The van der Waals surface area contributed by atoms with Gasteiger partial charge in [-0.15, -0.1) is 0 Å². The minimum atomic E-state index is -0.830. The lowest BCUT2D eigenvalue weighted by molar-refractivity contribution is -0.137. The summed E-state index contributed by atoms with van der Waals surface area (Å²) >= 11 is 6.30. The van der Waals surface area contributed by atoms with Gasteiger partial charge in [-0.3, -0.25) is 14.3 Å². The lowest BCUT2D eigenvalue weighted by Crippen LogP contribution is -2.25. The van der Waals surface area contributed by atoms with Crippen LogP contribution in [0.3, 0.4) is 0 Å². The molecule has 0 bridgehead atoms. The Hall–Kier alpha value is -2.34. The summed E-state index contributed by atoms with van der Waals surface area (Å²) in [5.74, 6) is -1.07. The minimum Gasteiger partial charge on any atom is -0.481 e. The van der Waals surface area contributed by atoms with E-state index in [1.807, 2.05) is 39.0 Å². The summed E-state index contributed by atoms with van der Waals surface area (Å²) in [5, 5.41) is 16.6. The second kappa shape index (κ2) is 8.36. The molecule has 1 aromatic carbocycles. The SMILES string of the molecule is CC(C)(C)n1cc(C(=O)NCCCCC(=O)O)c(-c2ccccc2Cl)n1. The standard InChI is InChI=1S/C19H24ClN3O3/c1-19(2,3)23-12-14(18(26)21-11-7-6-10-16(24)25)17(22-23)13-8-4-5-9-15(13)20/h4-5,8-9,12H,6-7,10-11H2,1-3H3,(H,21,26)(H,24,25). The molecule has 0 radical (unpaired) electrons. The van der Waals surface area contributed by atoms with Crippen molar-refractivity contribution in [3.63, 3.8) is 0 Å². The summed E-state index contributed by atoms with van der Waals surface area (Å²) < 4.78 is 1.75. The molecule has 6 nitrogen and oxygen atoms in total. The van der Waals surface area contributed by atoms with Crippen molar-refractivity contribution in [2.45, 2.75) is 45.6 Å². The molecule has 2 aromatic rings. The summed E-state index contributed by atoms with van der Waals surface area (Å²) in [5.41, 5.74) is 1.41. The van der Waals surface area contributed by atoms with Crippen LogP contribution < -0.4 is 5.32 Å². The number of nitrogens with one attached hydrogen (secondary N) is 1. The summed E-state index contributed by atoms with van der Waals surface area (Å²) in [6.45, 7) is 6.42. The number of hydrogen-bond donors (Lipinski definition) is 2. The van der Waals surface area contributed by atoms with Crippen LogP contribution in [0, 0.1) is 0 Å². The van der Waals surface area contributed by atoms with Gasteiger partial charge in [-0.05, 0) is 39.7 Å². The van der Waals surface area contributed by atoms with E-state index < -0.39 is 5.97 Å². The molecule has 0 aliphatic carbocycles. The van der Waals surface area contributed by atoms with E-state index in [0.29, 0.717) is 41.2 Å². The van der Waals surface area contributed by atoms with E-state index in [-0.39, 0.29) is 17.9 Å². The summed E-state index contributed by atoms with van der Waals surface area (Å²) in [6.07, 6.45) is 2.95. The lowest BCUT2D eigenvalue weighted by Gasteiger charge is -2.18. The van der Waals surface area contributed by atoms with E-state index in [1.165, 1.54) is 0 Å². The van der Waals surface area contributed by atoms with E-state index >= 15 is 0 Å². The zero-order chi connectivity index (χ0) is 19.3. The summed E-state index contributed by atoms with van der Waals surface area (Å²) in [7, 11) is 0. The van der Waals surface area contributed by atoms with Crippen molar-refractivity contribution in [3.8, 4) is 11.3 Å². The van der Waals surface area contributed by atoms with Gasteiger partial charge in [0.2, 0.25) is 0 Å². The second-order valence-corrected chi connectivity index (χ2v) is 7.50. The fourth-order valence-corrected chi connectivity index (χ4v) is 2.66. The Morgan fingerprint density at radius 1 is 1.23 bits per heavy atom. The molecular weight excluding hydrogens is 354 g/mol. The molecule has 1 aromatic heterocycles. The van der Waals surface area contributed by atoms with Gasteiger partial charge in [0.15, 0.2) is 0 Å². The van der Waals surface area contributed by atoms with E-state index in [1.54, 1.807) is 16.9 Å². The Kier molecular flexibility index (Phi) is 6.42. The van der Waals surface area contributed by atoms with Crippen LogP contribution in [0.1, 0.15) is 50.4 Å². The maximum absolute atomic E-state index is 12.7. The third kappa shape index (κ3) is 5.08. The number of nitrogens with zero attached hydrogens (tertiary/aromatic N) is 2. The monoisotopic (exact) mass is 377 g/mol. The number of carbonyl (C=O) groups is 2. The van der Waals surface area contributed by atoms with Crippen molar-refractivity contribution in [2.24, 2.45) is 0 Å². The highest BCUT2D eigenvalue weighted by molar-refractivity contribution is 6.33. The molecule has 0 atom stereocenters. The van der Waals surface area contributed by atoms with Crippen molar-refractivity contribution in [1.82, 2.24) is 15.1 Å². The molecule has 0 unspecified atom stereocenters. The first-order valence-corrected chi connectivity index (χ1v) is 8.93. The largest absolute Gasteiger partial charge is 0.481 e. The first kappa shape index (κ1) is 20.0. The third-order valence-electron chi connectivity index (χ3n) is 3.88. The zero-order valence-electron chi connectivity index (χ0n) is 15.3. The average molecular weight is 378 g/mol. The Bertz CT molecular complexity index is 794. The van der Waals surface area contributed by atoms with Gasteiger partial charge in [0, 0.05) is 24.7 Å². The number of carboxylic acid groups (broad SMARTS) is 1. The van der Waals surface area contributed by atoms with Gasteiger partial charge < -0.3 is 10.4 Å². The fourth-order valence-electron chi connectivity index (χ4n) is 2.43. The maximum Gasteiger partial charge on any atom is 0.303 e. The van der Waals surface area contributed by atoms with Gasteiger partial charge in [-0.2, -0.15) is 5.10 Å². The van der Waals surface area contributed by atoms with Crippen LogP contribution >= 0.6 is 11.6 Å². The Labute approximate surface area is 158 Å². The molecule has 1 amide bonds. The molecule has 2 rings (SSSR count).